The molecule has 0 amide bonds. The molecule has 0 aliphatic heterocycles. The van der Waals surface area contributed by atoms with Crippen LogP contribution < -0.4 is 5.32 Å². The summed E-state index contributed by atoms with van der Waals surface area (Å²) in [5, 5.41) is 3.11. The summed E-state index contributed by atoms with van der Waals surface area (Å²) >= 11 is 0. The summed E-state index contributed by atoms with van der Waals surface area (Å²) in [5.41, 5.74) is 0. The Morgan fingerprint density at radius 3 is 1.50 bits per heavy atom. The molecule has 0 aliphatic carbocycles. The van der Waals surface area contributed by atoms with E-state index in [0.29, 0.717) is 0 Å². The number of hydrogen-bond donors (Lipinski definition) is 1. The number of hydrogen-bond acceptors (Lipinski definition) is 1. The molecule has 0 aliphatic rings. The summed E-state index contributed by atoms with van der Waals surface area (Å²) in [5.74, 6) is 0. The van der Waals surface area contributed by atoms with Gasteiger partial charge in [0.1, 0.15) is 0 Å². The molecule has 1 nitrogen and oxygen atoms in total. The zero-order valence-corrected chi connectivity index (χ0v) is 10.1. The number of nitrogens with one attached hydrogen (secondary N) is 1. The van der Waals surface area contributed by atoms with Crippen LogP contribution in [0, 0.1) is 0 Å². The van der Waals surface area contributed by atoms with Crippen molar-refractivity contribution < 1.29 is 0 Å². The quantitative estimate of drug-likeness (QED) is 0.670. The third-order valence-electron chi connectivity index (χ3n) is 0.500. The molecule has 0 radical (unpaired) electrons. The Morgan fingerprint density at radius 1 is 1.17 bits per heavy atom. The Bertz CT molecular complexity index is 15.0. The minimum absolute atomic E-state index is 0. The van der Waals surface area contributed by atoms with Gasteiger partial charge in [0.25, 0.3) is 0 Å². The van der Waals surface area contributed by atoms with Crippen molar-refractivity contribution in [3.05, 3.63) is 0 Å². The van der Waals surface area contributed by atoms with E-state index in [2.05, 4.69) is 19.2 Å². The molecule has 0 saturated heterocycles. The molecule has 0 heterocycles. The molecule has 0 rings (SSSR count). The van der Waals surface area contributed by atoms with Crippen molar-refractivity contribution in [2.24, 2.45) is 0 Å². The third-order valence-corrected chi connectivity index (χ3v) is 0.500. The van der Waals surface area contributed by atoms with Crippen LogP contribution in [0.15, 0.2) is 0 Å². The van der Waals surface area contributed by atoms with Crippen LogP contribution in [0.2, 0.25) is 0 Å². The molecule has 0 spiro atoms. The second kappa shape index (κ2) is 9.28. The summed E-state index contributed by atoms with van der Waals surface area (Å²) in [6.45, 7) is 6.39. The van der Waals surface area contributed by atoms with E-state index < -0.39 is 0 Å². The maximum atomic E-state index is 3.11. The van der Waals surface area contributed by atoms with E-state index in [1.807, 2.05) is 0 Å². The fraction of sp³-hybridized carbons (Fsp3) is 1.00. The van der Waals surface area contributed by atoms with Crippen molar-refractivity contribution in [1.29, 1.82) is 0 Å². The summed E-state index contributed by atoms with van der Waals surface area (Å²) in [7, 11) is 0. The SMILES string of the molecule is CCNCC.[BiH3]. The van der Waals surface area contributed by atoms with Gasteiger partial charge in [0.15, 0.2) is 0 Å². The van der Waals surface area contributed by atoms with Gasteiger partial charge in [0.05, 0.1) is 0 Å². The van der Waals surface area contributed by atoms with E-state index in [4.69, 9.17) is 0 Å². The first kappa shape index (κ1) is 9.96. The van der Waals surface area contributed by atoms with Gasteiger partial charge in [-0.3, -0.25) is 0 Å². The third kappa shape index (κ3) is 8.85. The second-order valence-electron chi connectivity index (χ2n) is 0.957. The molecule has 0 saturated carbocycles. The summed E-state index contributed by atoms with van der Waals surface area (Å²) in [6.07, 6.45) is 0. The maximum absolute atomic E-state index is 3.11. The van der Waals surface area contributed by atoms with Crippen LogP contribution in [0.4, 0.5) is 0 Å². The Kier molecular flexibility index (Phi) is 15.4. The number of rotatable bonds is 2. The molecule has 0 aromatic heterocycles. The van der Waals surface area contributed by atoms with Gasteiger partial charge in [0, 0.05) is 0 Å². The summed E-state index contributed by atoms with van der Waals surface area (Å²) < 4.78 is 0. The molecule has 0 unspecified atom stereocenters. The van der Waals surface area contributed by atoms with Crippen LogP contribution in [0.1, 0.15) is 13.8 Å². The van der Waals surface area contributed by atoms with Crippen LogP contribution in [0.5, 0.6) is 0 Å². The Morgan fingerprint density at radius 2 is 1.50 bits per heavy atom. The fourth-order valence-corrected chi connectivity index (χ4v) is 0.250. The monoisotopic (exact) mass is 285 g/mol. The van der Waals surface area contributed by atoms with Crippen LogP contribution in [-0.2, 0) is 0 Å². The molecule has 40 valence electrons. The molecular formula is C4H14BiN. The average molecular weight is 285 g/mol. The van der Waals surface area contributed by atoms with Crippen molar-refractivity contribution in [2.45, 2.75) is 13.8 Å². The molecule has 0 aromatic rings. The van der Waals surface area contributed by atoms with E-state index in [1.54, 1.807) is 0 Å². The zero-order chi connectivity index (χ0) is 4.12. The van der Waals surface area contributed by atoms with Gasteiger partial charge in [0.2, 0.25) is 0 Å². The van der Waals surface area contributed by atoms with Crippen LogP contribution in [0.25, 0.3) is 0 Å². The van der Waals surface area contributed by atoms with Crippen molar-refractivity contribution in [3.8, 4) is 0 Å². The summed E-state index contributed by atoms with van der Waals surface area (Å²) in [4.78, 5) is 0. The minimum atomic E-state index is 0. The van der Waals surface area contributed by atoms with Gasteiger partial charge in [-0.1, -0.05) is 13.8 Å². The fourth-order valence-electron chi connectivity index (χ4n) is 0.250. The van der Waals surface area contributed by atoms with Gasteiger partial charge in [-0.15, -0.1) is 0 Å². The van der Waals surface area contributed by atoms with Gasteiger partial charge in [-0.2, -0.15) is 0 Å². The average Bonchev–Trinajstić information content (AvgIpc) is 1.41. The first-order valence-corrected chi connectivity index (χ1v) is 2.12. The van der Waals surface area contributed by atoms with Crippen LogP contribution in [0.3, 0.4) is 0 Å². The molecule has 0 bridgehead atoms. The summed E-state index contributed by atoms with van der Waals surface area (Å²) in [6, 6.07) is 0. The van der Waals surface area contributed by atoms with Gasteiger partial charge >= 0.3 is 26.2 Å². The topological polar surface area (TPSA) is 12.0 Å². The van der Waals surface area contributed by atoms with Gasteiger partial charge in [-0.25, -0.2) is 0 Å². The normalized spacial score (nSPS) is 7.00. The standard InChI is InChI=1S/C4H11N.Bi.3H/c1-3-5-4-2;;;;/h5H,3-4H2,1-2H3;;;;. The Labute approximate surface area is 58.6 Å². The molecular weight excluding hydrogens is 271 g/mol. The van der Waals surface area contributed by atoms with Crippen molar-refractivity contribution in [3.63, 3.8) is 0 Å². The van der Waals surface area contributed by atoms with Crippen LogP contribution >= 0.6 is 0 Å². The molecule has 0 atom stereocenters. The Hall–Kier alpha value is 0.843. The second-order valence-corrected chi connectivity index (χ2v) is 0.957. The molecule has 0 fully saturated rings. The van der Waals surface area contributed by atoms with E-state index in [1.165, 1.54) is 0 Å². The van der Waals surface area contributed by atoms with E-state index >= 15 is 0 Å². The van der Waals surface area contributed by atoms with E-state index in [0.717, 1.165) is 13.1 Å². The zero-order valence-electron chi connectivity index (χ0n) is 4.62. The first-order valence-electron chi connectivity index (χ1n) is 2.12. The van der Waals surface area contributed by atoms with Crippen molar-refractivity contribution in [2.75, 3.05) is 13.1 Å². The predicted octanol–water partition coefficient (Wildman–Crippen LogP) is -0.568. The molecule has 1 N–H and O–H groups in total. The first-order chi connectivity index (χ1) is 2.41. The van der Waals surface area contributed by atoms with Gasteiger partial charge < -0.3 is 5.32 Å². The van der Waals surface area contributed by atoms with Gasteiger partial charge in [-0.05, 0) is 13.1 Å². The molecule has 2 heteroatoms. The predicted molar refractivity (Wildman–Crippen MR) is 34.2 cm³/mol. The van der Waals surface area contributed by atoms with Crippen molar-refractivity contribution >= 4 is 26.2 Å². The van der Waals surface area contributed by atoms with E-state index in [-0.39, 0.29) is 26.2 Å². The molecule has 6 heavy (non-hydrogen) atoms. The van der Waals surface area contributed by atoms with Crippen LogP contribution in [-0.4, -0.2) is 39.3 Å². The Balaban J connectivity index is 0. The molecule has 0 aromatic carbocycles. The van der Waals surface area contributed by atoms with Crippen molar-refractivity contribution in [1.82, 2.24) is 5.32 Å². The van der Waals surface area contributed by atoms with E-state index in [9.17, 15) is 0 Å².